The number of nitrogens with one attached hydrogen (secondary N) is 2. The smallest absolute Gasteiger partial charge is 0.292 e. The fourth-order valence-electron chi connectivity index (χ4n) is 3.58. The lowest BCUT2D eigenvalue weighted by Gasteiger charge is -2.22. The number of amides is 2. The fraction of sp³-hybridized carbons (Fsp3) is 0.150. The van der Waals surface area contributed by atoms with E-state index in [9.17, 15) is 9.59 Å². The average Bonchev–Trinajstić information content (AvgIpc) is 3.41. The third-order valence-electron chi connectivity index (χ3n) is 4.85. The highest BCUT2D eigenvalue weighted by Crippen LogP contribution is 2.41. The molecule has 1 aliphatic rings. The minimum Gasteiger partial charge on any atom is -0.469 e. The van der Waals surface area contributed by atoms with Gasteiger partial charge in [0.1, 0.15) is 17.2 Å². The van der Waals surface area contributed by atoms with Gasteiger partial charge in [0.15, 0.2) is 11.6 Å². The number of benzene rings is 1. The van der Waals surface area contributed by atoms with Crippen LogP contribution < -0.4 is 10.6 Å². The van der Waals surface area contributed by atoms with Crippen molar-refractivity contribution in [2.24, 2.45) is 7.05 Å². The molecule has 8 nitrogen and oxygen atoms in total. The molecule has 0 bridgehead atoms. The van der Waals surface area contributed by atoms with Crippen molar-refractivity contribution < 1.29 is 18.4 Å². The normalized spacial score (nSPS) is 16.0. The van der Waals surface area contributed by atoms with Crippen LogP contribution in [0.15, 0.2) is 57.6 Å². The van der Waals surface area contributed by atoms with E-state index < -0.39 is 5.91 Å². The van der Waals surface area contributed by atoms with Gasteiger partial charge in [-0.15, -0.1) is 0 Å². The predicted molar refractivity (Wildman–Crippen MR) is 101 cm³/mol. The number of aromatic nitrogens is 2. The SMILES string of the molecule is Cn1nc(NC(=O)c2cc3ccccc3o2)c2c1NC(=O)C[C@H]2c1ccco1. The van der Waals surface area contributed by atoms with Gasteiger partial charge >= 0.3 is 0 Å². The van der Waals surface area contributed by atoms with E-state index >= 15 is 0 Å². The first kappa shape index (κ1) is 16.4. The zero-order valence-electron chi connectivity index (χ0n) is 14.9. The van der Waals surface area contributed by atoms with Crippen LogP contribution >= 0.6 is 0 Å². The molecule has 0 saturated carbocycles. The monoisotopic (exact) mass is 376 g/mol. The molecule has 28 heavy (non-hydrogen) atoms. The van der Waals surface area contributed by atoms with E-state index in [-0.39, 0.29) is 24.0 Å². The summed E-state index contributed by atoms with van der Waals surface area (Å²) in [4.78, 5) is 24.9. The fourth-order valence-corrected chi connectivity index (χ4v) is 3.58. The maximum Gasteiger partial charge on any atom is 0.292 e. The molecule has 2 N–H and O–H groups in total. The van der Waals surface area contributed by atoms with Crippen molar-refractivity contribution in [1.29, 1.82) is 0 Å². The van der Waals surface area contributed by atoms with E-state index in [1.54, 1.807) is 31.5 Å². The maximum absolute atomic E-state index is 12.8. The van der Waals surface area contributed by atoms with Gasteiger partial charge < -0.3 is 19.5 Å². The van der Waals surface area contributed by atoms with Crippen molar-refractivity contribution in [2.75, 3.05) is 10.6 Å². The van der Waals surface area contributed by atoms with E-state index in [2.05, 4.69) is 15.7 Å². The number of hydrogen-bond donors (Lipinski definition) is 2. The Labute approximate surface area is 159 Å². The molecular weight excluding hydrogens is 360 g/mol. The summed E-state index contributed by atoms with van der Waals surface area (Å²) in [6.07, 6.45) is 1.77. The Bertz CT molecular complexity index is 1170. The summed E-state index contributed by atoms with van der Waals surface area (Å²) in [7, 11) is 1.71. The Kier molecular flexibility index (Phi) is 3.58. The van der Waals surface area contributed by atoms with E-state index in [0.29, 0.717) is 28.5 Å². The first-order chi connectivity index (χ1) is 13.6. The van der Waals surface area contributed by atoms with E-state index in [1.165, 1.54) is 4.68 Å². The zero-order valence-corrected chi connectivity index (χ0v) is 14.9. The van der Waals surface area contributed by atoms with E-state index in [0.717, 1.165) is 5.39 Å². The summed E-state index contributed by atoms with van der Waals surface area (Å²) in [6, 6.07) is 12.7. The Morgan fingerprint density at radius 2 is 2.14 bits per heavy atom. The quantitative estimate of drug-likeness (QED) is 0.570. The first-order valence-electron chi connectivity index (χ1n) is 8.80. The number of fused-ring (bicyclic) bond motifs is 2. The molecule has 8 heteroatoms. The number of furan rings is 2. The summed E-state index contributed by atoms with van der Waals surface area (Å²) >= 11 is 0. The molecule has 4 aromatic rings. The van der Waals surface area contributed by atoms with Crippen molar-refractivity contribution in [2.45, 2.75) is 12.3 Å². The molecule has 3 aromatic heterocycles. The molecule has 0 spiro atoms. The maximum atomic E-state index is 12.8. The van der Waals surface area contributed by atoms with Crippen LogP contribution in [0.5, 0.6) is 0 Å². The minimum absolute atomic E-state index is 0.132. The number of carbonyl (C=O) groups excluding carboxylic acids is 2. The second-order valence-corrected chi connectivity index (χ2v) is 6.66. The van der Waals surface area contributed by atoms with Gasteiger partial charge in [0, 0.05) is 18.9 Å². The number of nitrogens with zero attached hydrogens (tertiary/aromatic N) is 2. The molecule has 5 rings (SSSR count). The molecule has 1 aliphatic heterocycles. The molecule has 4 heterocycles. The lowest BCUT2D eigenvalue weighted by atomic mass is 9.91. The Morgan fingerprint density at radius 1 is 1.29 bits per heavy atom. The number of hydrogen-bond acceptors (Lipinski definition) is 5. The highest BCUT2D eigenvalue weighted by atomic mass is 16.3. The van der Waals surface area contributed by atoms with Crippen LogP contribution in [0.3, 0.4) is 0 Å². The van der Waals surface area contributed by atoms with Gasteiger partial charge in [-0.05, 0) is 24.3 Å². The van der Waals surface area contributed by atoms with Crippen molar-refractivity contribution >= 4 is 34.4 Å². The van der Waals surface area contributed by atoms with Crippen LogP contribution in [0.2, 0.25) is 0 Å². The van der Waals surface area contributed by atoms with Crippen LogP contribution in [0.4, 0.5) is 11.6 Å². The zero-order chi connectivity index (χ0) is 19.3. The van der Waals surface area contributed by atoms with Crippen molar-refractivity contribution in [3.63, 3.8) is 0 Å². The van der Waals surface area contributed by atoms with Gasteiger partial charge in [0.05, 0.1) is 17.7 Å². The number of anilines is 2. The number of para-hydroxylation sites is 1. The summed E-state index contributed by atoms with van der Waals surface area (Å²) in [6.45, 7) is 0. The van der Waals surface area contributed by atoms with Gasteiger partial charge in [-0.2, -0.15) is 5.10 Å². The van der Waals surface area contributed by atoms with E-state index in [4.69, 9.17) is 8.83 Å². The molecule has 0 radical (unpaired) electrons. The van der Waals surface area contributed by atoms with Crippen molar-refractivity contribution in [3.8, 4) is 0 Å². The predicted octanol–water partition coefficient (Wildman–Crippen LogP) is 3.49. The lowest BCUT2D eigenvalue weighted by Crippen LogP contribution is -2.25. The number of aryl methyl sites for hydroxylation is 1. The second kappa shape index (κ2) is 6.12. The Balaban J connectivity index is 1.53. The molecule has 1 aromatic carbocycles. The molecule has 0 saturated heterocycles. The molecule has 0 aliphatic carbocycles. The Hall–Kier alpha value is -3.81. The third kappa shape index (κ3) is 2.58. The molecule has 1 atom stereocenters. The van der Waals surface area contributed by atoms with Crippen LogP contribution in [-0.4, -0.2) is 21.6 Å². The largest absolute Gasteiger partial charge is 0.469 e. The highest BCUT2D eigenvalue weighted by Gasteiger charge is 2.35. The van der Waals surface area contributed by atoms with Crippen LogP contribution in [-0.2, 0) is 11.8 Å². The first-order valence-corrected chi connectivity index (χ1v) is 8.80. The van der Waals surface area contributed by atoms with Gasteiger partial charge in [0.2, 0.25) is 5.91 Å². The average molecular weight is 376 g/mol. The second-order valence-electron chi connectivity index (χ2n) is 6.66. The van der Waals surface area contributed by atoms with Crippen molar-refractivity contribution in [3.05, 3.63) is 65.8 Å². The van der Waals surface area contributed by atoms with Gasteiger partial charge in [-0.3, -0.25) is 14.3 Å². The van der Waals surface area contributed by atoms with Gasteiger partial charge in [-0.25, -0.2) is 0 Å². The standard InChI is InChI=1S/C20H16N4O4/c1-24-19-17(12(10-16(25)21-19)14-7-4-8-27-14)18(23-24)22-20(26)15-9-11-5-2-3-6-13(11)28-15/h2-9,12H,10H2,1H3,(H,21,25)(H,22,23,26)/t12-/m0/s1. The van der Waals surface area contributed by atoms with Crippen LogP contribution in [0, 0.1) is 0 Å². The molecular formula is C20H16N4O4. The Morgan fingerprint density at radius 3 is 2.93 bits per heavy atom. The van der Waals surface area contributed by atoms with E-state index in [1.807, 2.05) is 24.3 Å². The van der Waals surface area contributed by atoms with Gasteiger partial charge in [0.25, 0.3) is 5.91 Å². The topological polar surface area (TPSA) is 102 Å². The molecule has 2 amide bonds. The third-order valence-corrected chi connectivity index (χ3v) is 4.85. The molecule has 0 fully saturated rings. The number of carbonyl (C=O) groups is 2. The summed E-state index contributed by atoms with van der Waals surface area (Å²) < 4.78 is 12.7. The van der Waals surface area contributed by atoms with Crippen molar-refractivity contribution in [1.82, 2.24) is 9.78 Å². The highest BCUT2D eigenvalue weighted by molar-refractivity contribution is 6.05. The summed E-state index contributed by atoms with van der Waals surface area (Å²) in [5, 5.41) is 10.9. The summed E-state index contributed by atoms with van der Waals surface area (Å²) in [5.74, 6) is 0.859. The molecule has 140 valence electrons. The molecule has 0 unspecified atom stereocenters. The lowest BCUT2D eigenvalue weighted by molar-refractivity contribution is -0.116. The number of rotatable bonds is 3. The van der Waals surface area contributed by atoms with Crippen LogP contribution in [0.25, 0.3) is 11.0 Å². The summed E-state index contributed by atoms with van der Waals surface area (Å²) in [5.41, 5.74) is 1.35. The van der Waals surface area contributed by atoms with Crippen LogP contribution in [0.1, 0.15) is 34.2 Å². The van der Waals surface area contributed by atoms with Gasteiger partial charge in [-0.1, -0.05) is 18.2 Å². The minimum atomic E-state index is -0.410.